The van der Waals surface area contributed by atoms with Crippen molar-refractivity contribution in [3.63, 3.8) is 0 Å². The zero-order chi connectivity index (χ0) is 11.2. The number of nitrogens with zero attached hydrogens (tertiary/aromatic N) is 2. The Morgan fingerprint density at radius 2 is 2.25 bits per heavy atom. The first kappa shape index (κ1) is 10.4. The highest BCUT2D eigenvalue weighted by molar-refractivity contribution is 5.92. The van der Waals surface area contributed by atoms with Crippen LogP contribution in [0, 0.1) is 0 Å². The molecule has 0 radical (unpaired) electrons. The molecular weight excluding hydrogens is 204 g/mol. The molecule has 82 valence electrons. The molecule has 2 heterocycles. The van der Waals surface area contributed by atoms with Crippen LogP contribution in [0.2, 0.25) is 0 Å². The molecule has 2 aromatic rings. The van der Waals surface area contributed by atoms with Gasteiger partial charge in [0.15, 0.2) is 0 Å². The second kappa shape index (κ2) is 5.06. The van der Waals surface area contributed by atoms with E-state index in [0.717, 1.165) is 12.1 Å². The van der Waals surface area contributed by atoms with Crippen LogP contribution in [0.15, 0.2) is 36.7 Å². The van der Waals surface area contributed by atoms with Gasteiger partial charge in [0.2, 0.25) is 0 Å². The fourth-order valence-corrected chi connectivity index (χ4v) is 1.33. The minimum Gasteiger partial charge on any atom is -0.350 e. The van der Waals surface area contributed by atoms with Gasteiger partial charge in [-0.25, -0.2) is 0 Å². The van der Waals surface area contributed by atoms with Crippen LogP contribution < -0.4 is 5.32 Å². The summed E-state index contributed by atoms with van der Waals surface area (Å²) in [7, 11) is 0. The Bertz CT molecular complexity index is 438. The van der Waals surface area contributed by atoms with Gasteiger partial charge in [-0.15, -0.1) is 0 Å². The third-order valence-electron chi connectivity index (χ3n) is 2.14. The molecule has 0 fully saturated rings. The number of nitrogens with one attached hydrogen (secondary N) is 2. The molecule has 0 atom stereocenters. The van der Waals surface area contributed by atoms with Gasteiger partial charge in [0.1, 0.15) is 5.69 Å². The zero-order valence-electron chi connectivity index (χ0n) is 8.68. The summed E-state index contributed by atoms with van der Waals surface area (Å²) in [5.41, 5.74) is 1.44. The van der Waals surface area contributed by atoms with E-state index in [9.17, 15) is 4.79 Å². The Kier molecular flexibility index (Phi) is 3.28. The van der Waals surface area contributed by atoms with Gasteiger partial charge in [-0.3, -0.25) is 14.9 Å². The van der Waals surface area contributed by atoms with Gasteiger partial charge in [-0.05, 0) is 18.2 Å². The molecule has 2 aromatic heterocycles. The van der Waals surface area contributed by atoms with Crippen molar-refractivity contribution in [1.82, 2.24) is 20.5 Å². The first-order valence-corrected chi connectivity index (χ1v) is 5.04. The molecular formula is C11H12N4O. The number of hydrogen-bond acceptors (Lipinski definition) is 3. The summed E-state index contributed by atoms with van der Waals surface area (Å²) in [6.45, 7) is 0.564. The molecule has 0 aliphatic heterocycles. The molecule has 1 amide bonds. The lowest BCUT2D eigenvalue weighted by Gasteiger charge is -2.02. The fourth-order valence-electron chi connectivity index (χ4n) is 1.33. The van der Waals surface area contributed by atoms with Crippen molar-refractivity contribution in [2.45, 2.75) is 6.42 Å². The van der Waals surface area contributed by atoms with Crippen LogP contribution in [0.5, 0.6) is 0 Å². The average molecular weight is 216 g/mol. The fraction of sp³-hybridized carbons (Fsp3) is 0.182. The molecule has 0 saturated carbocycles. The summed E-state index contributed by atoms with van der Waals surface area (Å²) in [6, 6.07) is 7.37. The average Bonchev–Trinajstić information content (AvgIpc) is 2.84. The maximum absolute atomic E-state index is 11.5. The highest BCUT2D eigenvalue weighted by Crippen LogP contribution is 1.94. The quantitative estimate of drug-likeness (QED) is 0.793. The lowest BCUT2D eigenvalue weighted by molar-refractivity contribution is 0.0949. The van der Waals surface area contributed by atoms with E-state index < -0.39 is 0 Å². The van der Waals surface area contributed by atoms with Gasteiger partial charge in [-0.1, -0.05) is 6.07 Å². The third kappa shape index (κ3) is 2.66. The maximum Gasteiger partial charge on any atom is 0.269 e. The lowest BCUT2D eigenvalue weighted by Crippen LogP contribution is -2.26. The van der Waals surface area contributed by atoms with Crippen molar-refractivity contribution in [2.24, 2.45) is 0 Å². The number of carbonyl (C=O) groups excluding carboxylic acids is 1. The molecule has 0 saturated heterocycles. The number of aromatic amines is 1. The van der Waals surface area contributed by atoms with Gasteiger partial charge in [0.25, 0.3) is 5.91 Å². The second-order valence-corrected chi connectivity index (χ2v) is 3.30. The number of hydrogen-bond donors (Lipinski definition) is 2. The van der Waals surface area contributed by atoms with E-state index in [1.54, 1.807) is 18.5 Å². The van der Waals surface area contributed by atoms with Crippen molar-refractivity contribution in [3.05, 3.63) is 48.0 Å². The summed E-state index contributed by atoms with van der Waals surface area (Å²) in [6.07, 6.45) is 4.01. The van der Waals surface area contributed by atoms with Crippen molar-refractivity contribution in [1.29, 1.82) is 0 Å². The van der Waals surface area contributed by atoms with Gasteiger partial charge in [0, 0.05) is 31.1 Å². The number of carbonyl (C=O) groups is 1. The molecule has 0 aromatic carbocycles. The number of amides is 1. The minimum absolute atomic E-state index is 0.145. The first-order chi connectivity index (χ1) is 7.86. The van der Waals surface area contributed by atoms with Crippen LogP contribution in [0.1, 0.15) is 16.2 Å². The molecule has 0 spiro atoms. The Balaban J connectivity index is 1.79. The summed E-state index contributed by atoms with van der Waals surface area (Å²) in [5.74, 6) is -0.145. The van der Waals surface area contributed by atoms with Crippen LogP contribution >= 0.6 is 0 Å². The Hall–Kier alpha value is -2.17. The van der Waals surface area contributed by atoms with Crippen molar-refractivity contribution in [3.8, 4) is 0 Å². The Labute approximate surface area is 92.9 Å². The van der Waals surface area contributed by atoms with Gasteiger partial charge in [0.05, 0.1) is 0 Å². The predicted molar refractivity (Wildman–Crippen MR) is 58.9 cm³/mol. The van der Waals surface area contributed by atoms with Crippen molar-refractivity contribution < 1.29 is 4.79 Å². The summed E-state index contributed by atoms with van der Waals surface area (Å²) in [4.78, 5) is 15.7. The zero-order valence-corrected chi connectivity index (χ0v) is 8.68. The molecule has 5 nitrogen and oxygen atoms in total. The normalized spacial score (nSPS) is 10.0. The van der Waals surface area contributed by atoms with E-state index in [-0.39, 0.29) is 5.91 Å². The van der Waals surface area contributed by atoms with Crippen LogP contribution in [-0.4, -0.2) is 27.6 Å². The Morgan fingerprint density at radius 3 is 2.94 bits per heavy atom. The monoisotopic (exact) mass is 216 g/mol. The van der Waals surface area contributed by atoms with E-state index in [1.165, 1.54) is 0 Å². The van der Waals surface area contributed by atoms with Crippen LogP contribution in [0.3, 0.4) is 0 Å². The van der Waals surface area contributed by atoms with E-state index >= 15 is 0 Å². The molecule has 5 heteroatoms. The van der Waals surface area contributed by atoms with Crippen LogP contribution in [0.25, 0.3) is 0 Å². The van der Waals surface area contributed by atoms with E-state index in [2.05, 4.69) is 20.5 Å². The predicted octanol–water partition coefficient (Wildman–Crippen LogP) is 0.777. The number of H-pyrrole nitrogens is 1. The maximum atomic E-state index is 11.5. The first-order valence-electron chi connectivity index (χ1n) is 5.04. The van der Waals surface area contributed by atoms with E-state index in [4.69, 9.17) is 0 Å². The largest absolute Gasteiger partial charge is 0.350 e. The molecule has 2 rings (SSSR count). The highest BCUT2D eigenvalue weighted by atomic mass is 16.1. The van der Waals surface area contributed by atoms with Crippen molar-refractivity contribution in [2.75, 3.05) is 6.54 Å². The van der Waals surface area contributed by atoms with E-state index in [0.29, 0.717) is 12.2 Å². The SMILES string of the molecule is O=C(NCCc1ccccn1)c1ccn[nH]1. The summed E-state index contributed by atoms with van der Waals surface area (Å²) >= 11 is 0. The lowest BCUT2D eigenvalue weighted by atomic mass is 10.2. The highest BCUT2D eigenvalue weighted by Gasteiger charge is 2.05. The minimum atomic E-state index is -0.145. The van der Waals surface area contributed by atoms with Gasteiger partial charge in [-0.2, -0.15) is 5.10 Å². The molecule has 2 N–H and O–H groups in total. The topological polar surface area (TPSA) is 70.7 Å². The molecule has 0 aliphatic rings. The Morgan fingerprint density at radius 1 is 1.31 bits per heavy atom. The van der Waals surface area contributed by atoms with Crippen LogP contribution in [-0.2, 0) is 6.42 Å². The summed E-state index contributed by atoms with van der Waals surface area (Å²) in [5, 5.41) is 9.10. The number of pyridine rings is 1. The van der Waals surface area contributed by atoms with Gasteiger partial charge >= 0.3 is 0 Å². The summed E-state index contributed by atoms with van der Waals surface area (Å²) < 4.78 is 0. The number of rotatable bonds is 4. The smallest absolute Gasteiger partial charge is 0.269 e. The van der Waals surface area contributed by atoms with Gasteiger partial charge < -0.3 is 5.32 Å². The molecule has 16 heavy (non-hydrogen) atoms. The molecule has 0 unspecified atom stereocenters. The number of aromatic nitrogens is 3. The third-order valence-corrected chi connectivity index (χ3v) is 2.14. The molecule has 0 aliphatic carbocycles. The molecule has 0 bridgehead atoms. The van der Waals surface area contributed by atoms with E-state index in [1.807, 2.05) is 18.2 Å². The van der Waals surface area contributed by atoms with Crippen molar-refractivity contribution >= 4 is 5.91 Å². The van der Waals surface area contributed by atoms with Crippen LogP contribution in [0.4, 0.5) is 0 Å². The second-order valence-electron chi connectivity index (χ2n) is 3.30. The standard InChI is InChI=1S/C11H12N4O/c16-11(10-5-8-14-15-10)13-7-4-9-3-1-2-6-12-9/h1-3,5-6,8H,4,7H2,(H,13,16)(H,14,15).